The average Bonchev–Trinajstić information content (AvgIpc) is 2.90. The van der Waals surface area contributed by atoms with Gasteiger partial charge in [-0.15, -0.1) is 21.5 Å². The van der Waals surface area contributed by atoms with E-state index in [1.807, 2.05) is 11.0 Å². The highest BCUT2D eigenvalue weighted by atomic mass is 32.1. The van der Waals surface area contributed by atoms with Crippen molar-refractivity contribution in [3.63, 3.8) is 0 Å². The molecule has 1 aliphatic heterocycles. The topological polar surface area (TPSA) is 58.1 Å². The SMILES string of the molecule is Cc1cccc2cc(-c3ccc(C(=O)N4CCCNCC4)nn3)sc12. The number of aryl methyl sites for hydroxylation is 1. The first-order chi connectivity index (χ1) is 12.2. The fourth-order valence-electron chi connectivity index (χ4n) is 3.12. The maximum absolute atomic E-state index is 12.6. The third-order valence-corrected chi connectivity index (χ3v) is 5.81. The second-order valence-corrected chi connectivity index (χ2v) is 7.36. The largest absolute Gasteiger partial charge is 0.336 e. The molecule has 1 saturated heterocycles. The van der Waals surface area contributed by atoms with Gasteiger partial charge in [0.05, 0.1) is 4.88 Å². The number of amides is 1. The van der Waals surface area contributed by atoms with Crippen molar-refractivity contribution in [3.8, 4) is 10.6 Å². The van der Waals surface area contributed by atoms with E-state index in [0.717, 1.165) is 43.2 Å². The van der Waals surface area contributed by atoms with E-state index in [9.17, 15) is 4.79 Å². The minimum Gasteiger partial charge on any atom is -0.336 e. The van der Waals surface area contributed by atoms with E-state index in [0.29, 0.717) is 5.69 Å². The zero-order chi connectivity index (χ0) is 17.2. The Bertz CT molecular complexity index is 895. The molecule has 0 atom stereocenters. The lowest BCUT2D eigenvalue weighted by molar-refractivity contribution is 0.0759. The van der Waals surface area contributed by atoms with Crippen molar-refractivity contribution in [3.05, 3.63) is 47.7 Å². The summed E-state index contributed by atoms with van der Waals surface area (Å²) in [4.78, 5) is 15.5. The highest BCUT2D eigenvalue weighted by Crippen LogP contribution is 2.34. The molecule has 3 heterocycles. The lowest BCUT2D eigenvalue weighted by atomic mass is 10.2. The first-order valence-corrected chi connectivity index (χ1v) is 9.37. The Morgan fingerprint density at radius 1 is 1.16 bits per heavy atom. The Morgan fingerprint density at radius 3 is 2.88 bits per heavy atom. The molecule has 1 aromatic carbocycles. The lowest BCUT2D eigenvalue weighted by Crippen LogP contribution is -2.34. The monoisotopic (exact) mass is 352 g/mol. The Morgan fingerprint density at radius 2 is 2.08 bits per heavy atom. The predicted molar refractivity (Wildman–Crippen MR) is 101 cm³/mol. The maximum Gasteiger partial charge on any atom is 0.274 e. The van der Waals surface area contributed by atoms with Crippen LogP contribution in [0.15, 0.2) is 36.4 Å². The molecule has 0 radical (unpaired) electrons. The zero-order valence-corrected chi connectivity index (χ0v) is 15.0. The molecule has 1 amide bonds. The van der Waals surface area contributed by atoms with Gasteiger partial charge in [-0.25, -0.2) is 0 Å². The van der Waals surface area contributed by atoms with Gasteiger partial charge in [-0.1, -0.05) is 18.2 Å². The van der Waals surface area contributed by atoms with Gasteiger partial charge >= 0.3 is 0 Å². The van der Waals surface area contributed by atoms with Crippen LogP contribution in [0.25, 0.3) is 20.7 Å². The molecule has 3 aromatic rings. The summed E-state index contributed by atoms with van der Waals surface area (Å²) in [7, 11) is 0. The zero-order valence-electron chi connectivity index (χ0n) is 14.2. The van der Waals surface area contributed by atoms with E-state index in [4.69, 9.17) is 0 Å². The normalized spacial score (nSPS) is 15.3. The molecule has 2 aromatic heterocycles. The van der Waals surface area contributed by atoms with Crippen molar-refractivity contribution in [2.45, 2.75) is 13.3 Å². The van der Waals surface area contributed by atoms with Crippen molar-refractivity contribution >= 4 is 27.3 Å². The highest BCUT2D eigenvalue weighted by Gasteiger charge is 2.19. The molecule has 0 aliphatic carbocycles. The second-order valence-electron chi connectivity index (χ2n) is 6.30. The Kier molecular flexibility index (Phi) is 4.46. The van der Waals surface area contributed by atoms with Crippen LogP contribution in [0.2, 0.25) is 0 Å². The van der Waals surface area contributed by atoms with Gasteiger partial charge in [0, 0.05) is 24.3 Å². The number of nitrogens with zero attached hydrogens (tertiary/aromatic N) is 3. The van der Waals surface area contributed by atoms with Crippen LogP contribution in [-0.2, 0) is 0 Å². The first-order valence-electron chi connectivity index (χ1n) is 8.55. The van der Waals surface area contributed by atoms with Gasteiger partial charge in [0.15, 0.2) is 5.69 Å². The number of benzene rings is 1. The summed E-state index contributed by atoms with van der Waals surface area (Å²) in [5.41, 5.74) is 2.50. The first kappa shape index (κ1) is 16.2. The Hall–Kier alpha value is -2.31. The van der Waals surface area contributed by atoms with Crippen molar-refractivity contribution in [2.75, 3.05) is 26.2 Å². The van der Waals surface area contributed by atoms with E-state index in [1.54, 1.807) is 17.4 Å². The molecule has 25 heavy (non-hydrogen) atoms. The van der Waals surface area contributed by atoms with Crippen LogP contribution >= 0.6 is 11.3 Å². The van der Waals surface area contributed by atoms with Gasteiger partial charge in [0.25, 0.3) is 5.91 Å². The molecular weight excluding hydrogens is 332 g/mol. The minimum absolute atomic E-state index is 0.0325. The molecule has 1 N–H and O–H groups in total. The number of hydrogen-bond acceptors (Lipinski definition) is 5. The maximum atomic E-state index is 12.6. The summed E-state index contributed by atoms with van der Waals surface area (Å²) in [5.74, 6) is -0.0325. The molecule has 6 heteroatoms. The fourth-order valence-corrected chi connectivity index (χ4v) is 4.22. The predicted octanol–water partition coefficient (Wildman–Crippen LogP) is 3.10. The van der Waals surface area contributed by atoms with E-state index in [1.165, 1.54) is 15.6 Å². The van der Waals surface area contributed by atoms with Gasteiger partial charge < -0.3 is 10.2 Å². The number of aromatic nitrogens is 2. The van der Waals surface area contributed by atoms with Gasteiger partial charge in [0.2, 0.25) is 0 Å². The smallest absolute Gasteiger partial charge is 0.274 e. The highest BCUT2D eigenvalue weighted by molar-refractivity contribution is 7.22. The summed E-state index contributed by atoms with van der Waals surface area (Å²) in [6, 6.07) is 12.1. The van der Waals surface area contributed by atoms with Crippen LogP contribution in [0.1, 0.15) is 22.5 Å². The Balaban J connectivity index is 1.58. The second kappa shape index (κ2) is 6.90. The summed E-state index contributed by atoms with van der Waals surface area (Å²) >= 11 is 1.72. The van der Waals surface area contributed by atoms with E-state index in [-0.39, 0.29) is 5.91 Å². The number of hydrogen-bond donors (Lipinski definition) is 1. The molecule has 1 aliphatic rings. The van der Waals surface area contributed by atoms with Crippen molar-refractivity contribution < 1.29 is 4.79 Å². The van der Waals surface area contributed by atoms with Crippen LogP contribution < -0.4 is 5.32 Å². The summed E-state index contributed by atoms with van der Waals surface area (Å²) < 4.78 is 1.27. The minimum atomic E-state index is -0.0325. The summed E-state index contributed by atoms with van der Waals surface area (Å²) in [6.07, 6.45) is 0.971. The van der Waals surface area contributed by atoms with Crippen LogP contribution in [0.5, 0.6) is 0 Å². The third-order valence-electron chi connectivity index (χ3n) is 4.50. The molecule has 0 bridgehead atoms. The molecule has 0 saturated carbocycles. The standard InChI is InChI=1S/C19H20N4OS/c1-13-4-2-5-14-12-17(25-18(13)14)15-6-7-16(22-21-15)19(24)23-10-3-8-20-9-11-23/h2,4-7,12,20H,3,8-11H2,1H3. The Labute approximate surface area is 150 Å². The molecule has 1 fully saturated rings. The van der Waals surface area contributed by atoms with Crippen molar-refractivity contribution in [2.24, 2.45) is 0 Å². The van der Waals surface area contributed by atoms with Gasteiger partial charge in [-0.3, -0.25) is 4.79 Å². The lowest BCUT2D eigenvalue weighted by Gasteiger charge is -2.18. The van der Waals surface area contributed by atoms with Crippen LogP contribution in [0.4, 0.5) is 0 Å². The number of rotatable bonds is 2. The summed E-state index contributed by atoms with van der Waals surface area (Å²) in [6.45, 7) is 5.40. The van der Waals surface area contributed by atoms with E-state index in [2.05, 4.69) is 46.7 Å². The number of carbonyl (C=O) groups excluding carboxylic acids is 1. The van der Waals surface area contributed by atoms with E-state index >= 15 is 0 Å². The fraction of sp³-hybridized carbons (Fsp3) is 0.316. The number of thiophene rings is 1. The molecular formula is C19H20N4OS. The van der Waals surface area contributed by atoms with Gasteiger partial charge in [-0.05, 0) is 49.0 Å². The van der Waals surface area contributed by atoms with Crippen LogP contribution in [-0.4, -0.2) is 47.2 Å². The molecule has 5 nitrogen and oxygen atoms in total. The van der Waals surface area contributed by atoms with Gasteiger partial charge in [0.1, 0.15) is 5.69 Å². The van der Waals surface area contributed by atoms with Crippen molar-refractivity contribution in [1.82, 2.24) is 20.4 Å². The van der Waals surface area contributed by atoms with E-state index < -0.39 is 0 Å². The summed E-state index contributed by atoms with van der Waals surface area (Å²) in [5, 5.41) is 13.0. The van der Waals surface area contributed by atoms with Gasteiger partial charge in [-0.2, -0.15) is 0 Å². The quantitative estimate of drug-likeness (QED) is 0.770. The van der Waals surface area contributed by atoms with Crippen LogP contribution in [0, 0.1) is 6.92 Å². The molecule has 4 rings (SSSR count). The molecule has 0 spiro atoms. The molecule has 0 unspecified atom stereocenters. The van der Waals surface area contributed by atoms with Crippen LogP contribution in [0.3, 0.4) is 0 Å². The molecule has 128 valence electrons. The third kappa shape index (κ3) is 3.27. The van der Waals surface area contributed by atoms with Crippen molar-refractivity contribution in [1.29, 1.82) is 0 Å². The number of fused-ring (bicyclic) bond motifs is 1. The number of carbonyl (C=O) groups is 1. The number of nitrogens with one attached hydrogen (secondary N) is 1. The average molecular weight is 352 g/mol.